The number of phosphoric acid groups is 1. The topological polar surface area (TPSA) is 172 Å². The van der Waals surface area contributed by atoms with Crippen molar-refractivity contribution in [1.29, 1.82) is 0 Å². The molecule has 0 rings (SSSR count). The summed E-state index contributed by atoms with van der Waals surface area (Å²) in [6.45, 7) is 2.40. The molecule has 0 fully saturated rings. The van der Waals surface area contributed by atoms with Gasteiger partial charge in [0.25, 0.3) is 0 Å². The number of nitrogens with two attached hydrogens (primary N) is 1. The van der Waals surface area contributed by atoms with Crippen LogP contribution in [-0.2, 0) is 37.5 Å². The van der Waals surface area contributed by atoms with Crippen LogP contribution in [0.3, 0.4) is 0 Å². The Morgan fingerprint density at radius 1 is 0.491 bits per heavy atom. The second kappa shape index (κ2) is 39.3. The number of aliphatic carboxylic acids is 1. The molecule has 1 unspecified atom stereocenters. The number of carboxylic acid groups (broad SMARTS) is 1. The Labute approximate surface area is 335 Å². The van der Waals surface area contributed by atoms with Crippen LogP contribution in [0.5, 0.6) is 0 Å². The normalized spacial score (nSPS) is 13.7. The van der Waals surface area contributed by atoms with E-state index in [1.54, 1.807) is 6.92 Å². The minimum absolute atomic E-state index is 0.116. The van der Waals surface area contributed by atoms with Crippen LogP contribution in [0, 0.1) is 0 Å². The summed E-state index contributed by atoms with van der Waals surface area (Å²) >= 11 is 0. The molecule has 0 aromatic carbocycles. The lowest BCUT2D eigenvalue weighted by Gasteiger charge is -2.20. The predicted molar refractivity (Wildman–Crippen MR) is 222 cm³/mol. The average Bonchev–Trinajstić information content (AvgIpc) is 3.15. The van der Waals surface area contributed by atoms with Gasteiger partial charge in [-0.3, -0.25) is 23.4 Å². The van der Waals surface area contributed by atoms with E-state index in [1.807, 2.05) is 0 Å². The summed E-state index contributed by atoms with van der Waals surface area (Å²) in [5, 5.41) is 8.78. The van der Waals surface area contributed by atoms with E-state index >= 15 is 0 Å². The molecular weight excluding hydrogens is 721 g/mol. The molecule has 12 heteroatoms. The second-order valence-electron chi connectivity index (χ2n) is 15.6. The van der Waals surface area contributed by atoms with E-state index in [4.69, 9.17) is 24.8 Å². The number of carbonyl (C=O) groups is 3. The Morgan fingerprint density at radius 3 is 1.18 bits per heavy atom. The van der Waals surface area contributed by atoms with Crippen molar-refractivity contribution in [2.45, 2.75) is 238 Å². The largest absolute Gasteiger partial charge is 0.480 e. The van der Waals surface area contributed by atoms with Crippen molar-refractivity contribution in [1.82, 2.24) is 0 Å². The van der Waals surface area contributed by atoms with E-state index < -0.39 is 51.1 Å². The number of esters is 2. The Bertz CT molecular complexity index is 952. The first-order chi connectivity index (χ1) is 26.6. The highest BCUT2D eigenvalue weighted by Gasteiger charge is 2.28. The summed E-state index contributed by atoms with van der Waals surface area (Å²) in [5.74, 6) is -2.43. The van der Waals surface area contributed by atoms with Crippen LogP contribution >= 0.6 is 7.82 Å². The number of phosphoric ester groups is 1. The van der Waals surface area contributed by atoms with Gasteiger partial charge in [-0.05, 0) is 12.8 Å². The van der Waals surface area contributed by atoms with Crippen LogP contribution in [0.25, 0.3) is 0 Å². The fourth-order valence-electron chi connectivity index (χ4n) is 6.58. The maximum Gasteiger partial charge on any atom is 0.472 e. The van der Waals surface area contributed by atoms with Gasteiger partial charge in [0.15, 0.2) is 6.10 Å². The Hall–Kier alpha value is -1.52. The predicted octanol–water partition coefficient (Wildman–Crippen LogP) is 11.9. The number of ether oxygens (including phenoxy) is 2. The van der Waals surface area contributed by atoms with Crippen molar-refractivity contribution in [3.63, 3.8) is 0 Å². The maximum atomic E-state index is 12.3. The van der Waals surface area contributed by atoms with Gasteiger partial charge >= 0.3 is 25.7 Å². The van der Waals surface area contributed by atoms with Crippen LogP contribution in [0.4, 0.5) is 0 Å². The number of unbranched alkanes of at least 4 members (excludes halogenated alkanes) is 29. The van der Waals surface area contributed by atoms with Crippen LogP contribution in [-0.4, -0.2) is 59.9 Å². The molecule has 0 aliphatic carbocycles. The van der Waals surface area contributed by atoms with Crippen molar-refractivity contribution in [3.05, 3.63) is 0 Å². The SMILES string of the molecule is CCCCCCCCCCCCCCCCCCCCCCCCCCCCCCCCC(=O)OC[C@H](COP(=O)(O)OC[C@H](N)C(=O)O)OC(=O)CCC. The molecule has 0 aromatic rings. The fraction of sp³-hybridized carbons (Fsp3) is 0.930. The molecule has 11 nitrogen and oxygen atoms in total. The van der Waals surface area contributed by atoms with Gasteiger partial charge in [-0.25, -0.2) is 4.57 Å². The molecular formula is C43H84NO10P. The third kappa shape index (κ3) is 39.1. The number of rotatable bonds is 43. The molecule has 4 N–H and O–H groups in total. The molecule has 326 valence electrons. The standard InChI is InChI=1S/C43H84NO10P/c1-3-5-6-7-8-9-10-11-12-13-14-15-16-17-18-19-20-21-22-23-24-25-26-27-28-29-30-31-32-33-35-41(45)51-36-39(54-42(46)34-4-2)37-52-55(49,50)53-38-40(44)43(47)48/h39-40H,3-38,44H2,1-2H3,(H,47,48)(H,49,50)/t39-,40+/m1/s1. The molecule has 0 aromatic heterocycles. The zero-order valence-electron chi connectivity index (χ0n) is 35.3. The highest BCUT2D eigenvalue weighted by molar-refractivity contribution is 7.47. The molecule has 0 heterocycles. The average molecular weight is 806 g/mol. The lowest BCUT2D eigenvalue weighted by Crippen LogP contribution is -2.34. The zero-order chi connectivity index (χ0) is 40.7. The molecule has 0 spiro atoms. The number of carboxylic acids is 1. The Kier molecular flexibility index (Phi) is 38.2. The lowest BCUT2D eigenvalue weighted by atomic mass is 10.0. The highest BCUT2D eigenvalue weighted by Crippen LogP contribution is 2.43. The molecule has 0 amide bonds. The monoisotopic (exact) mass is 806 g/mol. The Balaban J connectivity index is 3.63. The number of hydrogen-bond acceptors (Lipinski definition) is 9. The summed E-state index contributed by atoms with van der Waals surface area (Å²) in [6.07, 6.45) is 39.9. The highest BCUT2D eigenvalue weighted by atomic mass is 31.2. The molecule has 0 bridgehead atoms. The summed E-state index contributed by atoms with van der Waals surface area (Å²) in [5.41, 5.74) is 5.27. The van der Waals surface area contributed by atoms with E-state index in [0.717, 1.165) is 19.3 Å². The number of hydrogen-bond donors (Lipinski definition) is 3. The van der Waals surface area contributed by atoms with Gasteiger partial charge in [-0.1, -0.05) is 200 Å². The first-order valence-corrected chi connectivity index (χ1v) is 24.1. The van der Waals surface area contributed by atoms with Gasteiger partial charge in [-0.2, -0.15) is 0 Å². The maximum absolute atomic E-state index is 12.3. The molecule has 0 aliphatic heterocycles. The summed E-state index contributed by atoms with van der Waals surface area (Å²) in [6, 6.07) is -1.51. The van der Waals surface area contributed by atoms with Gasteiger partial charge in [0, 0.05) is 12.8 Å². The molecule has 3 atom stereocenters. The smallest absolute Gasteiger partial charge is 0.472 e. The first kappa shape index (κ1) is 53.5. The van der Waals surface area contributed by atoms with Gasteiger partial charge in [-0.15, -0.1) is 0 Å². The molecule has 0 radical (unpaired) electrons. The van der Waals surface area contributed by atoms with Crippen LogP contribution in [0.1, 0.15) is 226 Å². The quantitative estimate of drug-likeness (QED) is 0.0304. The van der Waals surface area contributed by atoms with E-state index in [-0.39, 0.29) is 19.4 Å². The minimum Gasteiger partial charge on any atom is -0.480 e. The third-order valence-corrected chi connectivity index (χ3v) is 11.0. The fourth-order valence-corrected chi connectivity index (χ4v) is 7.35. The van der Waals surface area contributed by atoms with Crippen LogP contribution in [0.15, 0.2) is 0 Å². The van der Waals surface area contributed by atoms with E-state index in [9.17, 15) is 23.8 Å². The van der Waals surface area contributed by atoms with Crippen LogP contribution < -0.4 is 5.73 Å². The second-order valence-corrected chi connectivity index (χ2v) is 17.0. The zero-order valence-corrected chi connectivity index (χ0v) is 36.2. The summed E-state index contributed by atoms with van der Waals surface area (Å²) < 4.78 is 31.9. The van der Waals surface area contributed by atoms with Gasteiger partial charge in [0.2, 0.25) is 0 Å². The van der Waals surface area contributed by atoms with Gasteiger partial charge < -0.3 is 25.2 Å². The van der Waals surface area contributed by atoms with Crippen LogP contribution in [0.2, 0.25) is 0 Å². The first-order valence-electron chi connectivity index (χ1n) is 22.6. The lowest BCUT2D eigenvalue weighted by molar-refractivity contribution is -0.161. The molecule has 0 aliphatic rings. The summed E-state index contributed by atoms with van der Waals surface area (Å²) in [4.78, 5) is 44.8. The van der Waals surface area contributed by atoms with Gasteiger partial charge in [0.1, 0.15) is 12.6 Å². The van der Waals surface area contributed by atoms with Crippen molar-refractivity contribution in [2.24, 2.45) is 5.73 Å². The van der Waals surface area contributed by atoms with Crippen molar-refractivity contribution >= 4 is 25.7 Å². The van der Waals surface area contributed by atoms with E-state index in [2.05, 4.69) is 11.4 Å². The molecule has 55 heavy (non-hydrogen) atoms. The van der Waals surface area contributed by atoms with E-state index in [0.29, 0.717) is 12.8 Å². The summed E-state index contributed by atoms with van der Waals surface area (Å²) in [7, 11) is -4.68. The molecule has 0 saturated carbocycles. The van der Waals surface area contributed by atoms with Crippen molar-refractivity contribution in [2.75, 3.05) is 19.8 Å². The minimum atomic E-state index is -4.68. The number of carbonyl (C=O) groups excluding carboxylic acids is 2. The Morgan fingerprint density at radius 2 is 0.836 bits per heavy atom. The van der Waals surface area contributed by atoms with E-state index in [1.165, 1.54) is 167 Å². The van der Waals surface area contributed by atoms with Crippen molar-refractivity contribution < 1.29 is 47.5 Å². The third-order valence-electron chi connectivity index (χ3n) is 10.1. The molecule has 0 saturated heterocycles. The van der Waals surface area contributed by atoms with Crippen molar-refractivity contribution in [3.8, 4) is 0 Å². The van der Waals surface area contributed by atoms with Gasteiger partial charge in [0.05, 0.1) is 13.2 Å².